The van der Waals surface area contributed by atoms with E-state index in [1.807, 2.05) is 74.5 Å². The summed E-state index contributed by atoms with van der Waals surface area (Å²) in [5.41, 5.74) is 2.20. The van der Waals surface area contributed by atoms with Crippen molar-refractivity contribution < 1.29 is 36.0 Å². The van der Waals surface area contributed by atoms with Gasteiger partial charge in [0.25, 0.3) is 0 Å². The molecule has 0 saturated heterocycles. The van der Waals surface area contributed by atoms with Crippen LogP contribution in [0.3, 0.4) is 0 Å². The zero-order chi connectivity index (χ0) is 22.3. The molecule has 0 aliphatic heterocycles. The first-order valence-electron chi connectivity index (χ1n) is 10.9. The van der Waals surface area contributed by atoms with Gasteiger partial charge >= 0.3 is 17.1 Å². The van der Waals surface area contributed by atoms with Crippen LogP contribution in [0.15, 0.2) is 60.7 Å². The summed E-state index contributed by atoms with van der Waals surface area (Å²) in [6.07, 6.45) is 6.07. The van der Waals surface area contributed by atoms with Crippen LogP contribution in [-0.4, -0.2) is 24.6 Å². The van der Waals surface area contributed by atoms with Crippen LogP contribution in [0.1, 0.15) is 50.7 Å². The molecule has 0 amide bonds. The van der Waals surface area contributed by atoms with Gasteiger partial charge in [-0.1, -0.05) is 87.4 Å². The summed E-state index contributed by atoms with van der Waals surface area (Å²) < 4.78 is 23.2. The molecule has 2 unspecified atom stereocenters. The van der Waals surface area contributed by atoms with Crippen molar-refractivity contribution in [3.8, 4) is 0 Å². The van der Waals surface area contributed by atoms with E-state index in [0.717, 1.165) is 36.8 Å². The summed E-state index contributed by atoms with van der Waals surface area (Å²) in [5, 5.41) is 0. The van der Waals surface area contributed by atoms with Gasteiger partial charge in [-0.15, -0.1) is 0 Å². The van der Waals surface area contributed by atoms with Gasteiger partial charge in [0.05, 0.1) is 0 Å². The molecule has 174 valence electrons. The van der Waals surface area contributed by atoms with Gasteiger partial charge in [-0.2, -0.15) is 0 Å². The Morgan fingerprint density at radius 1 is 0.613 bits per heavy atom. The molecule has 2 aromatic carbocycles. The van der Waals surface area contributed by atoms with E-state index in [-0.39, 0.29) is 17.1 Å². The fraction of sp³-hybridized carbons (Fsp3) is 0.500. The molecule has 0 radical (unpaired) electrons. The maximum atomic E-state index is 11.6. The summed E-state index contributed by atoms with van der Waals surface area (Å²) in [6.45, 7) is 4.02. The molecule has 0 saturated carbocycles. The number of hydrogen-bond acceptors (Lipinski definition) is 4. The van der Waals surface area contributed by atoms with Gasteiger partial charge in [0.15, 0.2) is 0 Å². The molecule has 0 spiro atoms. The van der Waals surface area contributed by atoms with Crippen LogP contribution < -0.4 is 9.79 Å². The summed E-state index contributed by atoms with van der Waals surface area (Å²) in [7, 11) is -6.25. The van der Waals surface area contributed by atoms with Gasteiger partial charge in [0, 0.05) is 14.7 Å². The van der Waals surface area contributed by atoms with Crippen LogP contribution in [0.2, 0.25) is 0 Å². The Bertz CT molecular complexity index is 717. The predicted octanol–water partition coefficient (Wildman–Crippen LogP) is 5.33. The van der Waals surface area contributed by atoms with Crippen molar-refractivity contribution in [2.75, 3.05) is 24.6 Å². The second-order valence-corrected chi connectivity index (χ2v) is 12.7. The predicted molar refractivity (Wildman–Crippen MR) is 125 cm³/mol. The number of rotatable bonds is 12. The van der Waals surface area contributed by atoms with Crippen LogP contribution in [0, 0.1) is 0 Å². The second-order valence-electron chi connectivity index (χ2n) is 7.70. The zero-order valence-electron chi connectivity index (χ0n) is 18.7. The monoisotopic (exact) mass is 506 g/mol. The van der Waals surface area contributed by atoms with Crippen molar-refractivity contribution in [1.29, 1.82) is 0 Å². The summed E-state index contributed by atoms with van der Waals surface area (Å²) in [4.78, 5) is 23.2. The van der Waals surface area contributed by atoms with Crippen LogP contribution >= 0.6 is 14.7 Å². The third kappa shape index (κ3) is 15.7. The smallest absolute Gasteiger partial charge is 0.799 e. The molecule has 0 bridgehead atoms. The average molecular weight is 506 g/mol. The molecule has 2 aromatic rings. The number of benzene rings is 2. The summed E-state index contributed by atoms with van der Waals surface area (Å²) in [6, 6.07) is 19.5. The first-order valence-corrected chi connectivity index (χ1v) is 14.9. The minimum absolute atomic E-state index is 0. The minimum Gasteiger partial charge on any atom is -0.799 e. The molecule has 7 heteroatoms. The van der Waals surface area contributed by atoms with E-state index >= 15 is 0 Å². The van der Waals surface area contributed by atoms with Crippen molar-refractivity contribution in [1.82, 2.24) is 0 Å². The molecule has 4 nitrogen and oxygen atoms in total. The molecule has 0 aliphatic rings. The Labute approximate surface area is 199 Å². The Hall–Kier alpha value is -0.661. The van der Waals surface area contributed by atoms with Gasteiger partial charge in [0.2, 0.25) is 0 Å². The van der Waals surface area contributed by atoms with Gasteiger partial charge < -0.3 is 18.9 Å². The van der Waals surface area contributed by atoms with Crippen molar-refractivity contribution in [2.45, 2.75) is 52.4 Å². The normalized spacial score (nSPS) is 14.3. The molecular weight excluding hydrogens is 470 g/mol. The Balaban J connectivity index is 0.000000562. The van der Waals surface area contributed by atoms with Crippen LogP contribution in [0.5, 0.6) is 0 Å². The molecule has 31 heavy (non-hydrogen) atoms. The van der Waals surface area contributed by atoms with E-state index in [4.69, 9.17) is 0 Å². The zero-order valence-corrected chi connectivity index (χ0v) is 21.6. The second kappa shape index (κ2) is 16.9. The van der Waals surface area contributed by atoms with Crippen molar-refractivity contribution in [3.05, 3.63) is 71.8 Å². The molecule has 0 heterocycles. The minimum atomic E-state index is -3.12. The quantitative estimate of drug-likeness (QED) is 0.288. The van der Waals surface area contributed by atoms with Crippen molar-refractivity contribution in [3.63, 3.8) is 0 Å². The van der Waals surface area contributed by atoms with E-state index in [0.29, 0.717) is 37.5 Å². The van der Waals surface area contributed by atoms with E-state index in [1.54, 1.807) is 0 Å². The Morgan fingerprint density at radius 2 is 0.935 bits per heavy atom. The van der Waals surface area contributed by atoms with Gasteiger partial charge in [-0.05, 0) is 61.5 Å². The SMILES string of the molecule is CCCCP(=O)([O-])CCc1ccccc1.CCCCP(=O)([O-])CCc1ccccc1.[Fe+2]. The first kappa shape index (κ1) is 30.3. The van der Waals surface area contributed by atoms with Gasteiger partial charge in [-0.3, -0.25) is 0 Å². The number of unbranched alkanes of at least 4 members (excludes halogenated alkanes) is 2. The third-order valence-corrected chi connectivity index (χ3v) is 8.68. The molecule has 0 aliphatic carbocycles. The molecule has 0 fully saturated rings. The molecular formula is C24H36FeO4P2. The first-order chi connectivity index (χ1) is 14.3. The third-order valence-electron chi connectivity index (χ3n) is 4.87. The number of hydrogen-bond donors (Lipinski definition) is 0. The van der Waals surface area contributed by atoms with E-state index < -0.39 is 14.7 Å². The summed E-state index contributed by atoms with van der Waals surface area (Å²) in [5.74, 6) is 0. The van der Waals surface area contributed by atoms with E-state index in [1.165, 1.54) is 0 Å². The maximum Gasteiger partial charge on any atom is 2.00 e. The van der Waals surface area contributed by atoms with Gasteiger partial charge in [-0.25, -0.2) is 0 Å². The van der Waals surface area contributed by atoms with Gasteiger partial charge in [0.1, 0.15) is 0 Å². The molecule has 2 rings (SSSR count). The van der Waals surface area contributed by atoms with Crippen molar-refractivity contribution >= 4 is 14.7 Å². The maximum absolute atomic E-state index is 11.6. The number of aryl methyl sites for hydroxylation is 2. The average Bonchev–Trinajstić information content (AvgIpc) is 2.76. The Morgan fingerprint density at radius 3 is 1.23 bits per heavy atom. The fourth-order valence-corrected chi connectivity index (χ4v) is 6.15. The molecule has 2 atom stereocenters. The fourth-order valence-electron chi connectivity index (χ4n) is 2.91. The molecule has 0 aromatic heterocycles. The Kier molecular flexibility index (Phi) is 16.5. The van der Waals surface area contributed by atoms with Crippen molar-refractivity contribution in [2.24, 2.45) is 0 Å². The van der Waals surface area contributed by atoms with E-state index in [9.17, 15) is 18.9 Å². The topological polar surface area (TPSA) is 80.3 Å². The van der Waals surface area contributed by atoms with E-state index in [2.05, 4.69) is 0 Å². The van der Waals surface area contributed by atoms with Crippen LogP contribution in [0.25, 0.3) is 0 Å². The molecule has 0 N–H and O–H groups in total. The standard InChI is InChI=1S/2C12H19O2P.Fe/c2*1-2-3-10-15(13,14)11-9-12-7-5-4-6-8-12;/h2*4-8H,2-3,9-11H2,1H3,(H,13,14);/q;;+2/p-2. The largest absolute Gasteiger partial charge is 2.00 e. The summed E-state index contributed by atoms with van der Waals surface area (Å²) >= 11 is 0. The van der Waals surface area contributed by atoms with Crippen LogP contribution in [0.4, 0.5) is 0 Å². The van der Waals surface area contributed by atoms with Crippen LogP contribution in [-0.2, 0) is 39.0 Å².